The van der Waals surface area contributed by atoms with Gasteiger partial charge in [-0.05, 0) is 25.0 Å². The second-order valence-electron chi connectivity index (χ2n) is 3.28. The van der Waals surface area contributed by atoms with Gasteiger partial charge in [-0.15, -0.1) is 0 Å². The van der Waals surface area contributed by atoms with Crippen LogP contribution in [0.3, 0.4) is 0 Å². The van der Waals surface area contributed by atoms with Gasteiger partial charge in [-0.3, -0.25) is 10.1 Å². The Morgan fingerprint density at radius 2 is 2.00 bits per heavy atom. The lowest BCUT2D eigenvalue weighted by Crippen LogP contribution is -2.00. The molecule has 0 aliphatic carbocycles. The summed E-state index contributed by atoms with van der Waals surface area (Å²) in [6.45, 7) is 3.37. The van der Waals surface area contributed by atoms with Crippen molar-refractivity contribution in [1.82, 2.24) is 0 Å². The highest BCUT2D eigenvalue weighted by atomic mass is 35.7. The fourth-order valence-electron chi connectivity index (χ4n) is 1.43. The number of nitro groups is 1. The summed E-state index contributed by atoms with van der Waals surface area (Å²) in [6, 6.07) is 2.35. The van der Waals surface area contributed by atoms with E-state index in [2.05, 4.69) is 0 Å². The topological polar surface area (TPSA) is 77.3 Å². The second kappa shape index (κ2) is 4.39. The zero-order valence-corrected chi connectivity index (χ0v) is 10.3. The van der Waals surface area contributed by atoms with Crippen molar-refractivity contribution in [1.29, 1.82) is 0 Å². The molecule has 7 heteroatoms. The van der Waals surface area contributed by atoms with Crippen molar-refractivity contribution in [2.45, 2.75) is 25.2 Å². The first-order chi connectivity index (χ1) is 7.27. The van der Waals surface area contributed by atoms with E-state index in [0.717, 1.165) is 6.07 Å². The van der Waals surface area contributed by atoms with Gasteiger partial charge in [0.25, 0.3) is 14.7 Å². The van der Waals surface area contributed by atoms with Crippen LogP contribution in [0.2, 0.25) is 0 Å². The first kappa shape index (κ1) is 12.9. The van der Waals surface area contributed by atoms with Gasteiger partial charge >= 0.3 is 0 Å². The molecule has 0 fully saturated rings. The predicted molar refractivity (Wildman–Crippen MR) is 60.3 cm³/mol. The number of hydrogen-bond donors (Lipinski definition) is 0. The van der Waals surface area contributed by atoms with E-state index in [9.17, 15) is 18.5 Å². The maximum Gasteiger partial charge on any atom is 0.273 e. The first-order valence-corrected chi connectivity index (χ1v) is 6.81. The number of benzene rings is 1. The van der Waals surface area contributed by atoms with Crippen LogP contribution in [0.15, 0.2) is 17.0 Å². The summed E-state index contributed by atoms with van der Waals surface area (Å²) in [5.74, 6) is 0. The SMILES string of the molecule is CCc1cc(S(=O)(=O)Cl)cc([N+](=O)[O-])c1C. The summed E-state index contributed by atoms with van der Waals surface area (Å²) >= 11 is 0. The highest BCUT2D eigenvalue weighted by Crippen LogP contribution is 2.28. The van der Waals surface area contributed by atoms with Crippen LogP contribution in [0.1, 0.15) is 18.1 Å². The molecule has 0 spiro atoms. The minimum absolute atomic E-state index is 0.224. The molecule has 0 aliphatic rings. The molecule has 1 aromatic rings. The Kier molecular flexibility index (Phi) is 3.54. The third-order valence-electron chi connectivity index (χ3n) is 2.32. The molecule has 0 aromatic heterocycles. The van der Waals surface area contributed by atoms with E-state index in [0.29, 0.717) is 17.5 Å². The summed E-state index contributed by atoms with van der Waals surface area (Å²) in [7, 11) is 1.23. The van der Waals surface area contributed by atoms with E-state index in [1.165, 1.54) is 6.07 Å². The Labute approximate surface area is 97.6 Å². The molecule has 1 aromatic carbocycles. The average molecular weight is 264 g/mol. The fourth-order valence-corrected chi connectivity index (χ4v) is 2.23. The summed E-state index contributed by atoms with van der Waals surface area (Å²) in [5, 5.41) is 10.7. The van der Waals surface area contributed by atoms with E-state index in [1.54, 1.807) is 13.8 Å². The number of aryl methyl sites for hydroxylation is 1. The normalized spacial score (nSPS) is 11.4. The van der Waals surface area contributed by atoms with E-state index >= 15 is 0 Å². The predicted octanol–water partition coefficient (Wildman–Crippen LogP) is 2.39. The summed E-state index contributed by atoms with van der Waals surface area (Å²) < 4.78 is 22.3. The number of halogens is 1. The number of nitro benzene ring substituents is 1. The largest absolute Gasteiger partial charge is 0.273 e. The monoisotopic (exact) mass is 263 g/mol. The lowest BCUT2D eigenvalue weighted by Gasteiger charge is -2.06. The highest BCUT2D eigenvalue weighted by molar-refractivity contribution is 8.13. The van der Waals surface area contributed by atoms with Crippen molar-refractivity contribution in [3.63, 3.8) is 0 Å². The second-order valence-corrected chi connectivity index (χ2v) is 5.84. The maximum atomic E-state index is 11.1. The number of hydrogen-bond acceptors (Lipinski definition) is 4. The molecule has 0 radical (unpaired) electrons. The molecule has 0 unspecified atom stereocenters. The van der Waals surface area contributed by atoms with Gasteiger partial charge in [-0.2, -0.15) is 0 Å². The lowest BCUT2D eigenvalue weighted by atomic mass is 10.1. The summed E-state index contributed by atoms with van der Waals surface area (Å²) in [6.07, 6.45) is 0.507. The third-order valence-corrected chi connectivity index (χ3v) is 3.65. The van der Waals surface area contributed by atoms with Gasteiger partial charge in [-0.25, -0.2) is 8.42 Å². The van der Waals surface area contributed by atoms with E-state index in [4.69, 9.17) is 10.7 Å². The van der Waals surface area contributed by atoms with Crippen molar-refractivity contribution in [2.75, 3.05) is 0 Å². The van der Waals surface area contributed by atoms with Gasteiger partial charge in [0, 0.05) is 22.3 Å². The van der Waals surface area contributed by atoms with Crippen LogP contribution in [0.5, 0.6) is 0 Å². The van der Waals surface area contributed by atoms with E-state index in [1.807, 2.05) is 0 Å². The molecular weight excluding hydrogens is 254 g/mol. The lowest BCUT2D eigenvalue weighted by molar-refractivity contribution is -0.385. The van der Waals surface area contributed by atoms with Crippen molar-refractivity contribution in [3.05, 3.63) is 33.4 Å². The molecule has 5 nitrogen and oxygen atoms in total. The molecule has 0 bridgehead atoms. The van der Waals surface area contributed by atoms with Crippen molar-refractivity contribution in [3.8, 4) is 0 Å². The Morgan fingerprint density at radius 3 is 2.38 bits per heavy atom. The summed E-state index contributed by atoms with van der Waals surface area (Å²) in [4.78, 5) is 9.89. The van der Waals surface area contributed by atoms with Crippen LogP contribution in [-0.2, 0) is 15.5 Å². The minimum atomic E-state index is -3.94. The molecule has 0 saturated carbocycles. The molecule has 1 rings (SSSR count). The van der Waals surface area contributed by atoms with Crippen LogP contribution >= 0.6 is 10.7 Å². The van der Waals surface area contributed by atoms with Gasteiger partial charge in [0.2, 0.25) is 0 Å². The fraction of sp³-hybridized carbons (Fsp3) is 0.333. The number of nitrogens with zero attached hydrogens (tertiary/aromatic N) is 1. The zero-order chi connectivity index (χ0) is 12.5. The molecule has 0 atom stereocenters. The molecule has 16 heavy (non-hydrogen) atoms. The van der Waals surface area contributed by atoms with Crippen molar-refractivity contribution >= 4 is 25.4 Å². The van der Waals surface area contributed by atoms with Crippen LogP contribution in [0.4, 0.5) is 5.69 Å². The molecular formula is C9H10ClNO4S. The molecule has 0 N–H and O–H groups in total. The molecule has 0 amide bonds. The van der Waals surface area contributed by atoms with Gasteiger partial charge in [0.05, 0.1) is 9.82 Å². The van der Waals surface area contributed by atoms with Crippen LogP contribution in [0.25, 0.3) is 0 Å². The van der Waals surface area contributed by atoms with Gasteiger partial charge in [0.1, 0.15) is 0 Å². The number of rotatable bonds is 3. The molecule has 0 saturated heterocycles. The zero-order valence-electron chi connectivity index (χ0n) is 8.73. The maximum absolute atomic E-state index is 11.1. The Balaban J connectivity index is 3.59. The molecule has 0 aliphatic heterocycles. The Bertz CT molecular complexity index is 539. The molecule has 0 heterocycles. The quantitative estimate of drug-likeness (QED) is 0.477. The Hall–Kier alpha value is -1.14. The van der Waals surface area contributed by atoms with Crippen LogP contribution in [0, 0.1) is 17.0 Å². The van der Waals surface area contributed by atoms with Crippen LogP contribution in [-0.4, -0.2) is 13.3 Å². The van der Waals surface area contributed by atoms with Crippen molar-refractivity contribution in [2.24, 2.45) is 0 Å². The first-order valence-electron chi connectivity index (χ1n) is 4.50. The van der Waals surface area contributed by atoms with Crippen molar-refractivity contribution < 1.29 is 13.3 Å². The van der Waals surface area contributed by atoms with Gasteiger partial charge in [-0.1, -0.05) is 6.92 Å². The van der Waals surface area contributed by atoms with Gasteiger partial charge in [0.15, 0.2) is 0 Å². The Morgan fingerprint density at radius 1 is 1.44 bits per heavy atom. The average Bonchev–Trinajstić information content (AvgIpc) is 2.15. The molecule has 88 valence electrons. The van der Waals surface area contributed by atoms with Gasteiger partial charge < -0.3 is 0 Å². The van der Waals surface area contributed by atoms with E-state index < -0.39 is 14.0 Å². The third kappa shape index (κ3) is 2.51. The summed E-state index contributed by atoms with van der Waals surface area (Å²) in [5.41, 5.74) is 0.851. The standard InChI is InChI=1S/C9H10ClNO4S/c1-3-7-4-8(16(10,14)15)5-9(6(7)2)11(12)13/h4-5H,3H2,1-2H3. The smallest absolute Gasteiger partial charge is 0.258 e. The highest BCUT2D eigenvalue weighted by Gasteiger charge is 2.20. The van der Waals surface area contributed by atoms with E-state index in [-0.39, 0.29) is 10.6 Å². The van der Waals surface area contributed by atoms with Crippen LogP contribution < -0.4 is 0 Å². The minimum Gasteiger partial charge on any atom is -0.258 e.